The lowest BCUT2D eigenvalue weighted by atomic mass is 9.86. The van der Waals surface area contributed by atoms with E-state index >= 15 is 0 Å². The summed E-state index contributed by atoms with van der Waals surface area (Å²) in [5, 5.41) is 13.7. The van der Waals surface area contributed by atoms with Crippen LogP contribution < -0.4 is 5.32 Å². The predicted octanol–water partition coefficient (Wildman–Crippen LogP) is 2.37. The molecule has 0 spiro atoms. The fraction of sp³-hybridized carbons (Fsp3) is 0.500. The third-order valence-corrected chi connectivity index (χ3v) is 3.93. The second kappa shape index (κ2) is 5.71. The van der Waals surface area contributed by atoms with Gasteiger partial charge in [-0.3, -0.25) is 4.90 Å². The Morgan fingerprint density at radius 3 is 2.44 bits per heavy atom. The number of nitriles is 1. The molecule has 0 aliphatic carbocycles. The Morgan fingerprint density at radius 2 is 1.94 bits per heavy atom. The number of hydrogen-bond donors (Lipinski definition) is 1. The van der Waals surface area contributed by atoms with E-state index in [2.05, 4.69) is 23.2 Å². The Hall–Kier alpha value is -1.08. The van der Waals surface area contributed by atoms with Gasteiger partial charge < -0.3 is 5.32 Å². The summed E-state index contributed by atoms with van der Waals surface area (Å²) in [6.45, 7) is 5.77. The predicted molar refractivity (Wildman–Crippen MR) is 73.5 cm³/mol. The smallest absolute Gasteiger partial charge is 0.134 e. The van der Waals surface area contributed by atoms with Crippen LogP contribution in [-0.4, -0.2) is 31.1 Å². The van der Waals surface area contributed by atoms with Gasteiger partial charge in [-0.2, -0.15) is 5.26 Å². The van der Waals surface area contributed by atoms with E-state index in [0.29, 0.717) is 5.02 Å². The van der Waals surface area contributed by atoms with Crippen molar-refractivity contribution in [2.24, 2.45) is 0 Å². The second-order valence-electron chi connectivity index (χ2n) is 4.57. The number of halogens is 1. The Morgan fingerprint density at radius 1 is 1.33 bits per heavy atom. The first-order valence-corrected chi connectivity index (χ1v) is 6.74. The number of rotatable bonds is 3. The van der Waals surface area contributed by atoms with Gasteiger partial charge in [-0.15, -0.1) is 0 Å². The van der Waals surface area contributed by atoms with Gasteiger partial charge in [0.05, 0.1) is 6.07 Å². The highest BCUT2D eigenvalue weighted by Gasteiger charge is 2.37. The molecular weight excluding hydrogens is 246 g/mol. The number of nitrogens with zero attached hydrogens (tertiary/aromatic N) is 2. The topological polar surface area (TPSA) is 39.1 Å². The minimum absolute atomic E-state index is 0.521. The molecule has 0 radical (unpaired) electrons. The molecule has 1 saturated heterocycles. The van der Waals surface area contributed by atoms with E-state index in [9.17, 15) is 5.26 Å². The van der Waals surface area contributed by atoms with E-state index in [-0.39, 0.29) is 0 Å². The molecule has 1 aromatic carbocycles. The summed E-state index contributed by atoms with van der Waals surface area (Å²) in [5.74, 6) is 0. The summed E-state index contributed by atoms with van der Waals surface area (Å²) in [7, 11) is 0. The molecule has 4 heteroatoms. The van der Waals surface area contributed by atoms with Crippen molar-refractivity contribution in [3.63, 3.8) is 0 Å². The van der Waals surface area contributed by atoms with Crippen molar-refractivity contribution in [1.29, 1.82) is 5.26 Å². The van der Waals surface area contributed by atoms with E-state index in [1.165, 1.54) is 0 Å². The first kappa shape index (κ1) is 13.4. The van der Waals surface area contributed by atoms with Gasteiger partial charge in [0.2, 0.25) is 0 Å². The molecule has 18 heavy (non-hydrogen) atoms. The van der Waals surface area contributed by atoms with E-state index in [0.717, 1.165) is 38.2 Å². The van der Waals surface area contributed by atoms with Crippen LogP contribution in [0.1, 0.15) is 18.9 Å². The summed E-state index contributed by atoms with van der Waals surface area (Å²) in [6.07, 6.45) is 0.783. The molecule has 1 unspecified atom stereocenters. The average Bonchev–Trinajstić information content (AvgIpc) is 2.44. The van der Waals surface area contributed by atoms with E-state index < -0.39 is 5.54 Å². The molecule has 0 saturated carbocycles. The summed E-state index contributed by atoms with van der Waals surface area (Å²) in [5.41, 5.74) is 0.519. The first-order chi connectivity index (χ1) is 8.73. The largest absolute Gasteiger partial charge is 0.314 e. The minimum atomic E-state index is -0.521. The fourth-order valence-electron chi connectivity index (χ4n) is 2.60. The number of piperazine rings is 1. The highest BCUT2D eigenvalue weighted by Crippen LogP contribution is 2.32. The van der Waals surface area contributed by atoms with Gasteiger partial charge in [0, 0.05) is 31.2 Å². The van der Waals surface area contributed by atoms with Crippen LogP contribution in [-0.2, 0) is 5.54 Å². The Labute approximate surface area is 113 Å². The van der Waals surface area contributed by atoms with Crippen LogP contribution in [0, 0.1) is 11.3 Å². The molecule has 1 heterocycles. The molecule has 3 nitrogen and oxygen atoms in total. The second-order valence-corrected chi connectivity index (χ2v) is 5.01. The molecule has 0 amide bonds. The zero-order valence-corrected chi connectivity index (χ0v) is 11.4. The van der Waals surface area contributed by atoms with Gasteiger partial charge in [-0.1, -0.05) is 30.7 Å². The van der Waals surface area contributed by atoms with Crippen LogP contribution in [0.25, 0.3) is 0 Å². The van der Waals surface area contributed by atoms with E-state index in [4.69, 9.17) is 11.6 Å². The molecule has 1 fully saturated rings. The molecule has 1 aliphatic rings. The van der Waals surface area contributed by atoms with Gasteiger partial charge in [0.1, 0.15) is 5.54 Å². The zero-order chi connectivity index (χ0) is 13.0. The highest BCUT2D eigenvalue weighted by molar-refractivity contribution is 6.30. The lowest BCUT2D eigenvalue weighted by molar-refractivity contribution is 0.113. The van der Waals surface area contributed by atoms with Crippen LogP contribution in [0.4, 0.5) is 0 Å². The Bertz CT molecular complexity index is 431. The molecule has 1 N–H and O–H groups in total. The van der Waals surface area contributed by atoms with Crippen molar-refractivity contribution in [3.05, 3.63) is 34.9 Å². The highest BCUT2D eigenvalue weighted by atomic mass is 35.5. The van der Waals surface area contributed by atoms with Crippen molar-refractivity contribution in [2.75, 3.05) is 26.2 Å². The van der Waals surface area contributed by atoms with Crippen LogP contribution in [0.15, 0.2) is 24.3 Å². The minimum Gasteiger partial charge on any atom is -0.314 e. The normalized spacial score (nSPS) is 20.1. The summed E-state index contributed by atoms with van der Waals surface area (Å²) < 4.78 is 0. The molecule has 96 valence electrons. The van der Waals surface area contributed by atoms with Crippen LogP contribution in [0.2, 0.25) is 5.02 Å². The number of benzene rings is 1. The van der Waals surface area contributed by atoms with Crippen LogP contribution in [0.5, 0.6) is 0 Å². The molecule has 0 bridgehead atoms. The lowest BCUT2D eigenvalue weighted by Gasteiger charge is -2.41. The van der Waals surface area contributed by atoms with Crippen molar-refractivity contribution >= 4 is 11.6 Å². The van der Waals surface area contributed by atoms with Gasteiger partial charge in [-0.05, 0) is 24.1 Å². The Kier molecular flexibility index (Phi) is 4.23. The third-order valence-electron chi connectivity index (χ3n) is 3.68. The molecule has 1 aliphatic heterocycles. The number of hydrogen-bond acceptors (Lipinski definition) is 3. The Balaban J connectivity index is 2.36. The standard InChI is InChI=1S/C14H18ClN3/c1-2-14(11-16,18-9-7-17-8-10-18)12-3-5-13(15)6-4-12/h3-6,17H,2,7-10H2,1H3. The summed E-state index contributed by atoms with van der Waals surface area (Å²) in [4.78, 5) is 2.27. The molecule has 1 atom stereocenters. The lowest BCUT2D eigenvalue weighted by Crippen LogP contribution is -2.53. The molecule has 1 aromatic rings. The van der Waals surface area contributed by atoms with E-state index in [1.807, 2.05) is 24.3 Å². The van der Waals surface area contributed by atoms with Crippen molar-refractivity contribution in [1.82, 2.24) is 10.2 Å². The fourth-order valence-corrected chi connectivity index (χ4v) is 2.72. The maximum atomic E-state index is 9.71. The molecule has 0 aromatic heterocycles. The maximum Gasteiger partial charge on any atom is 0.134 e. The van der Waals surface area contributed by atoms with Gasteiger partial charge in [-0.25, -0.2) is 0 Å². The molecular formula is C14H18ClN3. The van der Waals surface area contributed by atoms with Gasteiger partial charge in [0.25, 0.3) is 0 Å². The van der Waals surface area contributed by atoms with Crippen molar-refractivity contribution in [3.8, 4) is 6.07 Å². The molecule has 2 rings (SSSR count). The van der Waals surface area contributed by atoms with Crippen molar-refractivity contribution < 1.29 is 0 Å². The van der Waals surface area contributed by atoms with E-state index in [1.54, 1.807) is 0 Å². The number of nitrogens with one attached hydrogen (secondary N) is 1. The monoisotopic (exact) mass is 263 g/mol. The van der Waals surface area contributed by atoms with Gasteiger partial charge in [0.15, 0.2) is 0 Å². The average molecular weight is 264 g/mol. The van der Waals surface area contributed by atoms with Crippen molar-refractivity contribution in [2.45, 2.75) is 18.9 Å². The van der Waals surface area contributed by atoms with Gasteiger partial charge >= 0.3 is 0 Å². The van der Waals surface area contributed by atoms with Crippen LogP contribution >= 0.6 is 11.6 Å². The SMILES string of the molecule is CCC(C#N)(c1ccc(Cl)cc1)N1CCNCC1. The first-order valence-electron chi connectivity index (χ1n) is 6.36. The summed E-state index contributed by atoms with van der Waals surface area (Å²) in [6, 6.07) is 10.2. The van der Waals surface area contributed by atoms with Crippen LogP contribution in [0.3, 0.4) is 0 Å². The summed E-state index contributed by atoms with van der Waals surface area (Å²) >= 11 is 5.93. The third kappa shape index (κ3) is 2.37. The zero-order valence-electron chi connectivity index (χ0n) is 10.6. The quantitative estimate of drug-likeness (QED) is 0.910. The maximum absolute atomic E-state index is 9.71.